The van der Waals surface area contributed by atoms with E-state index in [0.29, 0.717) is 23.9 Å². The van der Waals surface area contributed by atoms with E-state index in [1.54, 1.807) is 16.2 Å². The first-order chi connectivity index (χ1) is 14.1. The first-order valence-corrected chi connectivity index (χ1v) is 10.6. The third-order valence-electron chi connectivity index (χ3n) is 5.10. The number of rotatable bonds is 6. The number of carbonyl (C=O) groups is 1. The fourth-order valence-electron chi connectivity index (χ4n) is 3.37. The molecule has 2 aromatic heterocycles. The number of morpholine rings is 1. The van der Waals surface area contributed by atoms with Gasteiger partial charge in [-0.05, 0) is 36.1 Å². The van der Waals surface area contributed by atoms with Crippen molar-refractivity contribution in [3.8, 4) is 10.8 Å². The predicted molar refractivity (Wildman–Crippen MR) is 114 cm³/mol. The summed E-state index contributed by atoms with van der Waals surface area (Å²) in [4.78, 5) is 22.3. The zero-order chi connectivity index (χ0) is 20.2. The summed E-state index contributed by atoms with van der Waals surface area (Å²) in [5.74, 6) is 1.31. The van der Waals surface area contributed by atoms with Crippen molar-refractivity contribution in [3.05, 3.63) is 58.8 Å². The van der Waals surface area contributed by atoms with Crippen LogP contribution >= 0.6 is 11.3 Å². The second-order valence-corrected chi connectivity index (χ2v) is 8.14. The molecule has 0 spiro atoms. The summed E-state index contributed by atoms with van der Waals surface area (Å²) in [7, 11) is 1.83. The van der Waals surface area contributed by atoms with E-state index in [9.17, 15) is 4.79 Å². The van der Waals surface area contributed by atoms with Crippen molar-refractivity contribution in [2.24, 2.45) is 0 Å². The van der Waals surface area contributed by atoms with Crippen LogP contribution in [0.2, 0.25) is 0 Å². The van der Waals surface area contributed by atoms with Crippen LogP contribution < -0.4 is 4.90 Å². The lowest BCUT2D eigenvalue weighted by atomic mass is 10.1. The number of anilines is 1. The number of ether oxygens (including phenoxy) is 1. The van der Waals surface area contributed by atoms with E-state index in [1.165, 1.54) is 5.69 Å². The quantitative estimate of drug-likeness (QED) is 0.618. The van der Waals surface area contributed by atoms with E-state index < -0.39 is 0 Å². The van der Waals surface area contributed by atoms with Gasteiger partial charge >= 0.3 is 0 Å². The molecule has 4 rings (SSSR count). The standard InChI is InChI=1S/C22H25N3O3S/c1-16-19(23-22(28-16)20-4-3-13-29-20)14-21(26)24(2)15-17-5-7-18(8-6-17)25-9-11-27-12-10-25/h3-8,13H,9-12,14-15H2,1-2H3. The Hall–Kier alpha value is -2.64. The highest BCUT2D eigenvalue weighted by atomic mass is 32.1. The van der Waals surface area contributed by atoms with Gasteiger partial charge in [-0.25, -0.2) is 4.98 Å². The Bertz CT molecular complexity index is 944. The molecule has 1 saturated heterocycles. The topological polar surface area (TPSA) is 58.8 Å². The number of carbonyl (C=O) groups excluding carboxylic acids is 1. The van der Waals surface area contributed by atoms with E-state index in [0.717, 1.165) is 36.7 Å². The van der Waals surface area contributed by atoms with Crippen LogP contribution in [0, 0.1) is 6.92 Å². The molecule has 0 radical (unpaired) electrons. The van der Waals surface area contributed by atoms with Gasteiger partial charge in [0.2, 0.25) is 11.8 Å². The van der Waals surface area contributed by atoms with Crippen molar-refractivity contribution in [2.75, 3.05) is 38.3 Å². The van der Waals surface area contributed by atoms with E-state index in [1.807, 2.05) is 31.5 Å². The zero-order valence-electron chi connectivity index (χ0n) is 16.8. The lowest BCUT2D eigenvalue weighted by Gasteiger charge is -2.29. The summed E-state index contributed by atoms with van der Waals surface area (Å²) in [5.41, 5.74) is 3.01. The molecular formula is C22H25N3O3S. The number of amides is 1. The van der Waals surface area contributed by atoms with Crippen molar-refractivity contribution in [2.45, 2.75) is 19.9 Å². The van der Waals surface area contributed by atoms with Gasteiger partial charge in [0.15, 0.2) is 0 Å². The van der Waals surface area contributed by atoms with Gasteiger partial charge in [-0.1, -0.05) is 18.2 Å². The van der Waals surface area contributed by atoms with Gasteiger partial charge < -0.3 is 19.0 Å². The molecule has 1 fully saturated rings. The third-order valence-corrected chi connectivity index (χ3v) is 5.96. The van der Waals surface area contributed by atoms with Crippen molar-refractivity contribution < 1.29 is 13.9 Å². The van der Waals surface area contributed by atoms with E-state index in [4.69, 9.17) is 9.15 Å². The summed E-state index contributed by atoms with van der Waals surface area (Å²) in [5, 5.41) is 1.98. The first kappa shape index (κ1) is 19.7. The van der Waals surface area contributed by atoms with Crippen molar-refractivity contribution >= 4 is 22.9 Å². The Morgan fingerprint density at radius 3 is 2.66 bits per heavy atom. The molecule has 1 aromatic carbocycles. The molecule has 6 nitrogen and oxygen atoms in total. The Balaban J connectivity index is 1.36. The van der Waals surface area contributed by atoms with Gasteiger partial charge in [-0.15, -0.1) is 11.3 Å². The van der Waals surface area contributed by atoms with Crippen LogP contribution in [0.15, 0.2) is 46.2 Å². The summed E-state index contributed by atoms with van der Waals surface area (Å²) >= 11 is 1.57. The number of benzene rings is 1. The monoisotopic (exact) mass is 411 g/mol. The maximum Gasteiger partial charge on any atom is 0.236 e. The second-order valence-electron chi connectivity index (χ2n) is 7.19. The summed E-state index contributed by atoms with van der Waals surface area (Å²) in [6, 6.07) is 12.3. The van der Waals surface area contributed by atoms with Crippen LogP contribution in [0.1, 0.15) is 17.0 Å². The molecule has 0 atom stereocenters. The molecule has 0 saturated carbocycles. The Labute approximate surface area is 174 Å². The molecule has 3 aromatic rings. The number of nitrogens with zero attached hydrogens (tertiary/aromatic N) is 3. The minimum absolute atomic E-state index is 0.0244. The number of hydrogen-bond donors (Lipinski definition) is 0. The smallest absolute Gasteiger partial charge is 0.236 e. The first-order valence-electron chi connectivity index (χ1n) is 9.76. The molecular weight excluding hydrogens is 386 g/mol. The highest BCUT2D eigenvalue weighted by molar-refractivity contribution is 7.13. The summed E-state index contributed by atoms with van der Waals surface area (Å²) in [6.45, 7) is 5.81. The average Bonchev–Trinajstić information content (AvgIpc) is 3.39. The lowest BCUT2D eigenvalue weighted by molar-refractivity contribution is -0.129. The van der Waals surface area contributed by atoms with Crippen LogP contribution in [0.25, 0.3) is 10.8 Å². The van der Waals surface area contributed by atoms with Crippen LogP contribution in [0.3, 0.4) is 0 Å². The van der Waals surface area contributed by atoms with Crippen LogP contribution in [0.5, 0.6) is 0 Å². The minimum Gasteiger partial charge on any atom is -0.440 e. The molecule has 3 heterocycles. The third kappa shape index (κ3) is 4.68. The normalized spacial score (nSPS) is 14.2. The molecule has 29 heavy (non-hydrogen) atoms. The van der Waals surface area contributed by atoms with E-state index in [-0.39, 0.29) is 12.3 Å². The average molecular weight is 412 g/mol. The van der Waals surface area contributed by atoms with Gasteiger partial charge in [0.05, 0.1) is 30.2 Å². The van der Waals surface area contributed by atoms with Crippen molar-refractivity contribution in [3.63, 3.8) is 0 Å². The molecule has 1 aliphatic heterocycles. The SMILES string of the molecule is Cc1oc(-c2cccs2)nc1CC(=O)N(C)Cc1ccc(N2CCOCC2)cc1. The Morgan fingerprint density at radius 1 is 1.21 bits per heavy atom. The second kappa shape index (κ2) is 8.80. The van der Waals surface area contributed by atoms with Gasteiger partial charge in [0.25, 0.3) is 0 Å². The number of oxazole rings is 1. The Morgan fingerprint density at radius 2 is 1.97 bits per heavy atom. The fraction of sp³-hybridized carbons (Fsp3) is 0.364. The number of hydrogen-bond acceptors (Lipinski definition) is 6. The van der Waals surface area contributed by atoms with Crippen molar-refractivity contribution in [1.82, 2.24) is 9.88 Å². The fourth-order valence-corrected chi connectivity index (χ4v) is 4.02. The number of thiophene rings is 1. The van der Waals surface area contributed by atoms with Crippen LogP contribution in [0.4, 0.5) is 5.69 Å². The van der Waals surface area contributed by atoms with Crippen LogP contribution in [-0.4, -0.2) is 49.1 Å². The number of aryl methyl sites for hydroxylation is 1. The number of aromatic nitrogens is 1. The zero-order valence-corrected chi connectivity index (χ0v) is 17.6. The molecule has 0 unspecified atom stereocenters. The molecule has 152 valence electrons. The molecule has 7 heteroatoms. The van der Waals surface area contributed by atoms with E-state index in [2.05, 4.69) is 34.1 Å². The summed E-state index contributed by atoms with van der Waals surface area (Å²) in [6.07, 6.45) is 0.239. The maximum atomic E-state index is 12.7. The highest BCUT2D eigenvalue weighted by Gasteiger charge is 2.18. The molecule has 1 amide bonds. The number of likely N-dealkylation sites (N-methyl/N-ethyl adjacent to an activating group) is 1. The van der Waals surface area contributed by atoms with Gasteiger partial charge in [0.1, 0.15) is 5.76 Å². The largest absolute Gasteiger partial charge is 0.440 e. The predicted octanol–water partition coefficient (Wildman–Crippen LogP) is 3.75. The minimum atomic E-state index is 0.0244. The van der Waals surface area contributed by atoms with Gasteiger partial charge in [-0.2, -0.15) is 0 Å². The molecule has 0 N–H and O–H groups in total. The Kier molecular flexibility index (Phi) is 5.97. The van der Waals surface area contributed by atoms with E-state index >= 15 is 0 Å². The molecule has 1 aliphatic rings. The highest BCUT2D eigenvalue weighted by Crippen LogP contribution is 2.26. The maximum absolute atomic E-state index is 12.7. The lowest BCUT2D eigenvalue weighted by Crippen LogP contribution is -2.36. The molecule has 0 bridgehead atoms. The van der Waals surface area contributed by atoms with Gasteiger partial charge in [-0.3, -0.25) is 4.79 Å². The van der Waals surface area contributed by atoms with Crippen LogP contribution in [-0.2, 0) is 22.5 Å². The summed E-state index contributed by atoms with van der Waals surface area (Å²) < 4.78 is 11.2. The molecule has 0 aliphatic carbocycles. The van der Waals surface area contributed by atoms with Crippen molar-refractivity contribution in [1.29, 1.82) is 0 Å². The van der Waals surface area contributed by atoms with Gasteiger partial charge in [0, 0.05) is 32.4 Å².